The van der Waals surface area contributed by atoms with Gasteiger partial charge in [0, 0.05) is 17.9 Å². The van der Waals surface area contributed by atoms with Crippen LogP contribution in [0.3, 0.4) is 0 Å². The van der Waals surface area contributed by atoms with Gasteiger partial charge < -0.3 is 21.9 Å². The van der Waals surface area contributed by atoms with E-state index in [1.807, 2.05) is 6.26 Å². The second-order valence-electron chi connectivity index (χ2n) is 4.45. The molecule has 0 heterocycles. The maximum absolute atomic E-state index is 11.0. The van der Waals surface area contributed by atoms with E-state index < -0.39 is 11.5 Å². The first kappa shape index (κ1) is 14.7. The van der Waals surface area contributed by atoms with Gasteiger partial charge in [0.2, 0.25) is 5.91 Å². The molecule has 1 aromatic rings. The molecule has 18 heavy (non-hydrogen) atoms. The summed E-state index contributed by atoms with van der Waals surface area (Å²) >= 11 is 1.57. The van der Waals surface area contributed by atoms with Crippen LogP contribution in [-0.4, -0.2) is 35.2 Å². The summed E-state index contributed by atoms with van der Waals surface area (Å²) in [6, 6.07) is 4.81. The molecule has 0 radical (unpaired) electrons. The molecule has 0 spiro atoms. The van der Waals surface area contributed by atoms with E-state index in [1.165, 1.54) is 6.07 Å². The Morgan fingerprint density at radius 3 is 2.72 bits per heavy atom. The van der Waals surface area contributed by atoms with Gasteiger partial charge in [0.05, 0.1) is 17.0 Å². The fourth-order valence-electron chi connectivity index (χ4n) is 1.52. The number of primary amides is 1. The van der Waals surface area contributed by atoms with Crippen molar-refractivity contribution in [2.45, 2.75) is 12.5 Å². The van der Waals surface area contributed by atoms with E-state index in [0.717, 1.165) is 0 Å². The number of hydrogen-bond acceptors (Lipinski definition) is 5. The van der Waals surface area contributed by atoms with Gasteiger partial charge in [0.1, 0.15) is 0 Å². The highest BCUT2D eigenvalue weighted by Crippen LogP contribution is 2.21. The second-order valence-corrected chi connectivity index (χ2v) is 5.32. The van der Waals surface area contributed by atoms with Crippen LogP contribution in [0.1, 0.15) is 17.3 Å². The molecule has 6 heteroatoms. The molecule has 0 saturated carbocycles. The lowest BCUT2D eigenvalue weighted by atomic mass is 10.1. The second kappa shape index (κ2) is 5.97. The summed E-state index contributed by atoms with van der Waals surface area (Å²) in [5.41, 5.74) is 11.6. The number of benzene rings is 1. The minimum atomic E-state index is -0.811. The Bertz CT molecular complexity index is 435. The van der Waals surface area contributed by atoms with Crippen LogP contribution in [0.25, 0.3) is 0 Å². The SMILES string of the molecule is CSCC(C)(O)CNc1ccc(C(N)=O)cc1N. The summed E-state index contributed by atoms with van der Waals surface area (Å²) in [6.07, 6.45) is 1.94. The first-order chi connectivity index (χ1) is 8.35. The van der Waals surface area contributed by atoms with Crippen LogP contribution in [0.2, 0.25) is 0 Å². The number of nitrogens with one attached hydrogen (secondary N) is 1. The Labute approximate surface area is 111 Å². The predicted molar refractivity (Wildman–Crippen MR) is 76.9 cm³/mol. The Hall–Kier alpha value is -1.40. The van der Waals surface area contributed by atoms with E-state index in [4.69, 9.17) is 11.5 Å². The molecule has 5 nitrogen and oxygen atoms in total. The van der Waals surface area contributed by atoms with Crippen LogP contribution in [0.4, 0.5) is 11.4 Å². The molecule has 1 atom stereocenters. The van der Waals surface area contributed by atoms with Crippen molar-refractivity contribution >= 4 is 29.0 Å². The molecule has 0 bridgehead atoms. The monoisotopic (exact) mass is 269 g/mol. The molecular formula is C12H19N3O2S. The van der Waals surface area contributed by atoms with Crippen molar-refractivity contribution in [3.8, 4) is 0 Å². The summed E-state index contributed by atoms with van der Waals surface area (Å²) < 4.78 is 0. The summed E-state index contributed by atoms with van der Waals surface area (Å²) in [5, 5.41) is 13.1. The zero-order valence-electron chi connectivity index (χ0n) is 10.6. The van der Waals surface area contributed by atoms with E-state index in [0.29, 0.717) is 29.2 Å². The molecule has 0 aromatic heterocycles. The molecule has 100 valence electrons. The predicted octanol–water partition coefficient (Wildman–Crippen LogP) is 0.894. The standard InChI is InChI=1S/C12H19N3O2S/c1-12(17,7-18-2)6-15-10-4-3-8(11(14)16)5-9(10)13/h3-5,15,17H,6-7,13H2,1-2H3,(H2,14,16). The van der Waals surface area contributed by atoms with Gasteiger partial charge in [-0.3, -0.25) is 4.79 Å². The average Bonchev–Trinajstić information content (AvgIpc) is 2.27. The normalized spacial score (nSPS) is 13.9. The van der Waals surface area contributed by atoms with Crippen LogP contribution in [0.15, 0.2) is 18.2 Å². The average molecular weight is 269 g/mol. The number of anilines is 2. The lowest BCUT2D eigenvalue weighted by Crippen LogP contribution is -2.36. The number of carbonyl (C=O) groups excluding carboxylic acids is 1. The number of nitrogen functional groups attached to an aromatic ring is 1. The number of aliphatic hydroxyl groups is 1. The number of thioether (sulfide) groups is 1. The van der Waals surface area contributed by atoms with Gasteiger partial charge in [0.15, 0.2) is 0 Å². The number of hydrogen-bond donors (Lipinski definition) is 4. The fraction of sp³-hybridized carbons (Fsp3) is 0.417. The fourth-order valence-corrected chi connectivity index (χ4v) is 2.25. The molecule has 0 fully saturated rings. The summed E-state index contributed by atoms with van der Waals surface area (Å²) in [5.74, 6) is 0.113. The Morgan fingerprint density at radius 1 is 1.56 bits per heavy atom. The van der Waals surface area contributed by atoms with Crippen LogP contribution in [-0.2, 0) is 0 Å². The van der Waals surface area contributed by atoms with Gasteiger partial charge in [-0.1, -0.05) is 0 Å². The Morgan fingerprint density at radius 2 is 2.22 bits per heavy atom. The zero-order valence-corrected chi connectivity index (χ0v) is 11.4. The molecule has 0 aliphatic rings. The molecule has 1 aromatic carbocycles. The van der Waals surface area contributed by atoms with Crippen LogP contribution in [0.5, 0.6) is 0 Å². The molecule has 0 aliphatic carbocycles. The van der Waals surface area contributed by atoms with Crippen molar-refractivity contribution in [1.29, 1.82) is 0 Å². The van der Waals surface area contributed by atoms with Gasteiger partial charge >= 0.3 is 0 Å². The third kappa shape index (κ3) is 4.12. The molecule has 0 saturated heterocycles. The van der Waals surface area contributed by atoms with E-state index in [9.17, 15) is 9.90 Å². The molecule has 6 N–H and O–H groups in total. The molecule has 1 rings (SSSR count). The Kier molecular flexibility index (Phi) is 4.86. The maximum atomic E-state index is 11.0. The minimum Gasteiger partial charge on any atom is -0.397 e. The Balaban J connectivity index is 2.71. The van der Waals surface area contributed by atoms with Crippen molar-refractivity contribution in [3.63, 3.8) is 0 Å². The summed E-state index contributed by atoms with van der Waals surface area (Å²) in [4.78, 5) is 11.0. The molecule has 1 amide bonds. The van der Waals surface area contributed by atoms with E-state index in [2.05, 4.69) is 5.32 Å². The molecular weight excluding hydrogens is 250 g/mol. The highest BCUT2D eigenvalue weighted by molar-refractivity contribution is 7.98. The summed E-state index contributed by atoms with van der Waals surface area (Å²) in [7, 11) is 0. The van der Waals surface area contributed by atoms with Gasteiger partial charge in [-0.15, -0.1) is 0 Å². The van der Waals surface area contributed by atoms with Gasteiger partial charge in [-0.05, 0) is 31.4 Å². The third-order valence-corrected chi connectivity index (χ3v) is 3.36. The van der Waals surface area contributed by atoms with Crippen molar-refractivity contribution in [3.05, 3.63) is 23.8 Å². The first-order valence-electron chi connectivity index (χ1n) is 5.50. The van der Waals surface area contributed by atoms with Crippen molar-refractivity contribution in [2.75, 3.05) is 29.6 Å². The highest BCUT2D eigenvalue weighted by atomic mass is 32.2. The van der Waals surface area contributed by atoms with E-state index >= 15 is 0 Å². The third-order valence-electron chi connectivity index (χ3n) is 2.45. The number of amides is 1. The lowest BCUT2D eigenvalue weighted by Gasteiger charge is -2.23. The van der Waals surface area contributed by atoms with Crippen molar-refractivity contribution in [2.24, 2.45) is 5.73 Å². The molecule has 1 unspecified atom stereocenters. The van der Waals surface area contributed by atoms with Crippen molar-refractivity contribution in [1.82, 2.24) is 0 Å². The summed E-state index contributed by atoms with van der Waals surface area (Å²) in [6.45, 7) is 2.14. The van der Waals surface area contributed by atoms with Gasteiger partial charge in [0.25, 0.3) is 0 Å². The van der Waals surface area contributed by atoms with Crippen LogP contribution < -0.4 is 16.8 Å². The van der Waals surface area contributed by atoms with E-state index in [1.54, 1.807) is 30.8 Å². The van der Waals surface area contributed by atoms with Gasteiger partial charge in [-0.2, -0.15) is 11.8 Å². The maximum Gasteiger partial charge on any atom is 0.248 e. The number of carbonyl (C=O) groups is 1. The van der Waals surface area contributed by atoms with Crippen molar-refractivity contribution < 1.29 is 9.90 Å². The van der Waals surface area contributed by atoms with Gasteiger partial charge in [-0.25, -0.2) is 0 Å². The quantitative estimate of drug-likeness (QED) is 0.575. The van der Waals surface area contributed by atoms with Crippen LogP contribution in [0, 0.1) is 0 Å². The number of rotatable bonds is 6. The first-order valence-corrected chi connectivity index (χ1v) is 6.89. The highest BCUT2D eigenvalue weighted by Gasteiger charge is 2.19. The zero-order chi connectivity index (χ0) is 13.8. The van der Waals surface area contributed by atoms with E-state index in [-0.39, 0.29) is 0 Å². The lowest BCUT2D eigenvalue weighted by molar-refractivity contribution is 0.0990. The smallest absolute Gasteiger partial charge is 0.248 e. The topological polar surface area (TPSA) is 101 Å². The largest absolute Gasteiger partial charge is 0.397 e. The minimum absolute atomic E-state index is 0.369. The molecule has 0 aliphatic heterocycles. The van der Waals surface area contributed by atoms with Crippen LogP contribution >= 0.6 is 11.8 Å². The number of nitrogens with two attached hydrogens (primary N) is 2.